The van der Waals surface area contributed by atoms with Gasteiger partial charge < -0.3 is 19.8 Å². The summed E-state index contributed by atoms with van der Waals surface area (Å²) in [7, 11) is 1.62. The second kappa shape index (κ2) is 12.0. The van der Waals surface area contributed by atoms with E-state index in [4.69, 9.17) is 27.9 Å². The average molecular weight is 549 g/mol. The van der Waals surface area contributed by atoms with Crippen molar-refractivity contribution in [2.75, 3.05) is 18.5 Å². The molecule has 8 nitrogen and oxygen atoms in total. The zero-order valence-corrected chi connectivity index (χ0v) is 21.8. The molecule has 0 bridgehead atoms. The van der Waals surface area contributed by atoms with E-state index in [1.165, 1.54) is 4.90 Å². The Morgan fingerprint density at radius 2 is 1.75 bits per heavy atom. The number of hydrogen-bond acceptors (Lipinski definition) is 4. The lowest BCUT2D eigenvalue weighted by Crippen LogP contribution is -2.44. The first kappa shape index (κ1) is 27.1. The molecule has 4 rings (SSSR count). The standard InChI is InChI=1S/C25H23Cl2N5O3.ClH/c1-16-15-32-13-7-12-20(23(32)29-16)35-24(22-18(26)10-6-11-19(22)27)30-21(33)14-28-25(34)31(2)17-8-4-3-5-9-17;/h3-13,15,24H,14H2,1-2H3,(H,28,34)(H,30,33);1H. The maximum absolute atomic E-state index is 12.8. The minimum atomic E-state index is -1.03. The number of hydrogen-bond donors (Lipinski definition) is 2. The topological polar surface area (TPSA) is 88.0 Å². The Morgan fingerprint density at radius 1 is 1.06 bits per heavy atom. The van der Waals surface area contributed by atoms with E-state index in [1.54, 1.807) is 49.5 Å². The number of carbonyl (C=O) groups excluding carboxylic acids is 2. The van der Waals surface area contributed by atoms with Gasteiger partial charge in [-0.05, 0) is 43.3 Å². The van der Waals surface area contributed by atoms with Gasteiger partial charge in [0.1, 0.15) is 0 Å². The van der Waals surface area contributed by atoms with Crippen molar-refractivity contribution in [1.82, 2.24) is 20.0 Å². The Kier molecular flexibility index (Phi) is 9.03. The van der Waals surface area contributed by atoms with Gasteiger partial charge in [-0.3, -0.25) is 9.69 Å². The fourth-order valence-electron chi connectivity index (χ4n) is 3.49. The number of aromatic nitrogens is 2. The van der Waals surface area contributed by atoms with Gasteiger partial charge in [0.15, 0.2) is 11.4 Å². The molecule has 0 saturated carbocycles. The van der Waals surface area contributed by atoms with Crippen molar-refractivity contribution in [3.05, 3.63) is 94.4 Å². The number of carbonyl (C=O) groups is 2. The summed E-state index contributed by atoms with van der Waals surface area (Å²) in [5.74, 6) is -0.0676. The number of amides is 3. The maximum Gasteiger partial charge on any atom is 0.322 e. The number of aryl methyl sites for hydroxylation is 1. The number of rotatable bonds is 7. The Labute approximate surface area is 224 Å². The highest BCUT2D eigenvalue weighted by Crippen LogP contribution is 2.33. The van der Waals surface area contributed by atoms with Crippen LogP contribution in [-0.4, -0.2) is 34.9 Å². The molecule has 1 unspecified atom stereocenters. The molecule has 2 N–H and O–H groups in total. The highest BCUT2D eigenvalue weighted by atomic mass is 35.5. The van der Waals surface area contributed by atoms with Crippen LogP contribution < -0.4 is 20.3 Å². The van der Waals surface area contributed by atoms with Crippen LogP contribution in [0.5, 0.6) is 5.75 Å². The number of pyridine rings is 1. The zero-order valence-electron chi connectivity index (χ0n) is 19.4. The van der Waals surface area contributed by atoms with Crippen LogP contribution in [-0.2, 0) is 4.79 Å². The summed E-state index contributed by atoms with van der Waals surface area (Å²) < 4.78 is 7.99. The van der Waals surface area contributed by atoms with Crippen molar-refractivity contribution in [2.24, 2.45) is 0 Å². The smallest absolute Gasteiger partial charge is 0.322 e. The molecule has 0 aliphatic rings. The molecule has 4 aromatic rings. The summed E-state index contributed by atoms with van der Waals surface area (Å²) in [5, 5.41) is 6.01. The average Bonchev–Trinajstić information content (AvgIpc) is 3.23. The lowest BCUT2D eigenvalue weighted by atomic mass is 10.2. The van der Waals surface area contributed by atoms with Gasteiger partial charge >= 0.3 is 6.03 Å². The molecule has 0 aliphatic carbocycles. The van der Waals surface area contributed by atoms with Gasteiger partial charge in [0, 0.05) is 25.1 Å². The molecule has 188 valence electrons. The number of nitrogens with one attached hydrogen (secondary N) is 2. The van der Waals surface area contributed by atoms with Crippen LogP contribution in [0.15, 0.2) is 73.1 Å². The normalized spacial score (nSPS) is 11.3. The molecule has 0 fully saturated rings. The van der Waals surface area contributed by atoms with E-state index < -0.39 is 18.2 Å². The minimum Gasteiger partial charge on any atom is -0.462 e. The Bertz CT molecular complexity index is 1340. The van der Waals surface area contributed by atoms with Crippen molar-refractivity contribution in [2.45, 2.75) is 13.2 Å². The van der Waals surface area contributed by atoms with E-state index in [9.17, 15) is 9.59 Å². The highest BCUT2D eigenvalue weighted by molar-refractivity contribution is 6.36. The Hall–Kier alpha value is -3.46. The van der Waals surface area contributed by atoms with Gasteiger partial charge in [-0.1, -0.05) is 47.5 Å². The molecule has 0 radical (unpaired) electrons. The van der Waals surface area contributed by atoms with Crippen LogP contribution in [0.25, 0.3) is 5.65 Å². The van der Waals surface area contributed by atoms with Crippen molar-refractivity contribution in [1.29, 1.82) is 0 Å². The summed E-state index contributed by atoms with van der Waals surface area (Å²) in [4.78, 5) is 31.2. The largest absolute Gasteiger partial charge is 0.462 e. The van der Waals surface area contributed by atoms with Gasteiger partial charge in [0.2, 0.25) is 12.1 Å². The molecule has 36 heavy (non-hydrogen) atoms. The summed E-state index contributed by atoms with van der Waals surface area (Å²) in [6.07, 6.45) is 2.67. The van der Waals surface area contributed by atoms with Gasteiger partial charge in [-0.15, -0.1) is 12.4 Å². The van der Waals surface area contributed by atoms with Crippen LogP contribution >= 0.6 is 35.6 Å². The van der Waals surface area contributed by atoms with E-state index in [1.807, 2.05) is 41.9 Å². The zero-order chi connectivity index (χ0) is 24.9. The number of para-hydroxylation sites is 1. The van der Waals surface area contributed by atoms with Crippen LogP contribution in [0, 0.1) is 6.92 Å². The van der Waals surface area contributed by atoms with Gasteiger partial charge in [-0.25, -0.2) is 9.78 Å². The fourth-order valence-corrected chi connectivity index (χ4v) is 4.09. The van der Waals surface area contributed by atoms with Gasteiger partial charge in [0.25, 0.3) is 0 Å². The van der Waals surface area contributed by atoms with E-state index >= 15 is 0 Å². The highest BCUT2D eigenvalue weighted by Gasteiger charge is 2.24. The molecular formula is C25H24Cl3N5O3. The van der Waals surface area contributed by atoms with Crippen molar-refractivity contribution in [3.8, 4) is 5.75 Å². The summed E-state index contributed by atoms with van der Waals surface area (Å²) >= 11 is 12.8. The number of anilines is 1. The number of benzene rings is 2. The second-order valence-electron chi connectivity index (χ2n) is 7.74. The van der Waals surface area contributed by atoms with E-state index in [0.717, 1.165) is 5.69 Å². The molecular weight excluding hydrogens is 525 g/mol. The first-order valence-electron chi connectivity index (χ1n) is 10.7. The Balaban J connectivity index is 0.00000361. The number of ether oxygens (including phenoxy) is 1. The van der Waals surface area contributed by atoms with Crippen molar-refractivity contribution < 1.29 is 14.3 Å². The maximum atomic E-state index is 12.8. The second-order valence-corrected chi connectivity index (χ2v) is 8.55. The van der Waals surface area contributed by atoms with Gasteiger partial charge in [-0.2, -0.15) is 0 Å². The molecule has 0 spiro atoms. The van der Waals surface area contributed by atoms with Crippen LogP contribution in [0.1, 0.15) is 17.5 Å². The first-order chi connectivity index (χ1) is 16.8. The van der Waals surface area contributed by atoms with Gasteiger partial charge in [0.05, 0.1) is 27.8 Å². The van der Waals surface area contributed by atoms with E-state index in [2.05, 4.69) is 15.6 Å². The summed E-state index contributed by atoms with van der Waals surface area (Å²) in [6, 6.07) is 17.2. The summed E-state index contributed by atoms with van der Waals surface area (Å²) in [6.45, 7) is 1.58. The predicted molar refractivity (Wildman–Crippen MR) is 143 cm³/mol. The van der Waals surface area contributed by atoms with Crippen molar-refractivity contribution in [3.63, 3.8) is 0 Å². The Morgan fingerprint density at radius 3 is 2.44 bits per heavy atom. The van der Waals surface area contributed by atoms with E-state index in [0.29, 0.717) is 32.7 Å². The minimum absolute atomic E-state index is 0. The van der Waals surface area contributed by atoms with E-state index in [-0.39, 0.29) is 19.0 Å². The first-order valence-corrected chi connectivity index (χ1v) is 11.5. The third kappa shape index (κ3) is 6.20. The molecule has 0 aliphatic heterocycles. The molecule has 2 heterocycles. The molecule has 0 saturated heterocycles. The third-order valence-electron chi connectivity index (χ3n) is 5.21. The number of imidazole rings is 1. The molecule has 2 aromatic heterocycles. The molecule has 3 amide bonds. The number of urea groups is 1. The lowest BCUT2D eigenvalue weighted by Gasteiger charge is -2.23. The molecule has 2 aromatic carbocycles. The predicted octanol–water partition coefficient (Wildman–Crippen LogP) is 5.41. The number of halogens is 3. The fraction of sp³-hybridized carbons (Fsp3) is 0.160. The third-order valence-corrected chi connectivity index (χ3v) is 5.87. The summed E-state index contributed by atoms with van der Waals surface area (Å²) in [5.41, 5.74) is 2.47. The van der Waals surface area contributed by atoms with Crippen LogP contribution in [0.4, 0.5) is 10.5 Å². The van der Waals surface area contributed by atoms with Crippen LogP contribution in [0.2, 0.25) is 10.0 Å². The number of fused-ring (bicyclic) bond motifs is 1. The quantitative estimate of drug-likeness (QED) is 0.302. The SMILES string of the molecule is Cc1cn2cccc(OC(NC(=O)CNC(=O)N(C)c3ccccc3)c3c(Cl)cccc3Cl)c2n1.Cl. The van der Waals surface area contributed by atoms with Crippen LogP contribution in [0.3, 0.4) is 0 Å². The molecule has 11 heteroatoms. The number of nitrogens with zero attached hydrogens (tertiary/aromatic N) is 3. The van der Waals surface area contributed by atoms with Crippen molar-refractivity contribution >= 4 is 58.9 Å². The monoisotopic (exact) mass is 547 g/mol. The lowest BCUT2D eigenvalue weighted by molar-refractivity contribution is -0.122. The molecule has 1 atom stereocenters.